The van der Waals surface area contributed by atoms with Gasteiger partial charge in [-0.3, -0.25) is 4.79 Å². The number of likely N-dealkylation sites (tertiary alicyclic amines) is 1. The molecular formula is C21H28N4O. The number of hydrogen-bond donors (Lipinski definition) is 0. The molecule has 26 heavy (non-hydrogen) atoms. The van der Waals surface area contributed by atoms with Crippen molar-refractivity contribution in [3.05, 3.63) is 47.5 Å². The van der Waals surface area contributed by atoms with Crippen LogP contribution >= 0.6 is 0 Å². The van der Waals surface area contributed by atoms with Crippen LogP contribution in [-0.4, -0.2) is 38.7 Å². The molecule has 138 valence electrons. The molecule has 5 nitrogen and oxygen atoms in total. The number of carbonyl (C=O) groups is 1. The number of benzene rings is 1. The third kappa shape index (κ3) is 3.27. The molecule has 0 atom stereocenters. The highest BCUT2D eigenvalue weighted by Crippen LogP contribution is 2.52. The molecule has 0 N–H and O–H groups in total. The summed E-state index contributed by atoms with van der Waals surface area (Å²) in [5.41, 5.74) is 1.33. The zero-order valence-corrected chi connectivity index (χ0v) is 15.7. The number of rotatable bonds is 6. The second-order valence-corrected chi connectivity index (χ2v) is 7.56. The quantitative estimate of drug-likeness (QED) is 0.801. The summed E-state index contributed by atoms with van der Waals surface area (Å²) in [4.78, 5) is 19.2. The maximum atomic E-state index is 12.2. The Kier molecular flexibility index (Phi) is 4.79. The van der Waals surface area contributed by atoms with E-state index < -0.39 is 0 Å². The third-order valence-electron chi connectivity index (χ3n) is 5.83. The van der Waals surface area contributed by atoms with E-state index in [0.29, 0.717) is 12.3 Å². The molecule has 2 heterocycles. The Morgan fingerprint density at radius 1 is 1.12 bits per heavy atom. The van der Waals surface area contributed by atoms with Gasteiger partial charge in [-0.1, -0.05) is 36.8 Å². The van der Waals surface area contributed by atoms with E-state index >= 15 is 0 Å². The van der Waals surface area contributed by atoms with Crippen molar-refractivity contribution < 1.29 is 4.79 Å². The highest BCUT2D eigenvalue weighted by Gasteiger charge is 2.49. The lowest BCUT2D eigenvalue weighted by Crippen LogP contribution is -2.32. The molecule has 0 bridgehead atoms. The van der Waals surface area contributed by atoms with Crippen molar-refractivity contribution >= 4 is 5.91 Å². The first-order chi connectivity index (χ1) is 12.7. The van der Waals surface area contributed by atoms with Gasteiger partial charge >= 0.3 is 0 Å². The van der Waals surface area contributed by atoms with Crippen LogP contribution in [0.4, 0.5) is 0 Å². The summed E-state index contributed by atoms with van der Waals surface area (Å²) in [6.07, 6.45) is 7.04. The van der Waals surface area contributed by atoms with Crippen LogP contribution in [-0.2, 0) is 23.2 Å². The molecule has 0 spiro atoms. The molecule has 2 fully saturated rings. The van der Waals surface area contributed by atoms with Crippen molar-refractivity contribution in [3.8, 4) is 0 Å². The van der Waals surface area contributed by atoms with Gasteiger partial charge in [0, 0.05) is 32.5 Å². The fraction of sp³-hybridized carbons (Fsp3) is 0.571. The minimum Gasteiger partial charge on any atom is -0.342 e. The molecule has 0 unspecified atom stereocenters. The highest BCUT2D eigenvalue weighted by atomic mass is 16.2. The predicted octanol–water partition coefficient (Wildman–Crippen LogP) is 3.32. The van der Waals surface area contributed by atoms with Crippen LogP contribution in [0.2, 0.25) is 0 Å². The number of hydrogen-bond acceptors (Lipinski definition) is 3. The first-order valence-corrected chi connectivity index (χ1v) is 10.0. The molecule has 1 saturated carbocycles. The molecule has 2 aliphatic rings. The Morgan fingerprint density at radius 2 is 1.92 bits per heavy atom. The van der Waals surface area contributed by atoms with Crippen molar-refractivity contribution in [2.45, 2.75) is 63.8 Å². The van der Waals surface area contributed by atoms with Crippen molar-refractivity contribution in [3.63, 3.8) is 0 Å². The van der Waals surface area contributed by atoms with Gasteiger partial charge in [0.15, 0.2) is 5.82 Å². The Morgan fingerprint density at radius 3 is 2.65 bits per heavy atom. The van der Waals surface area contributed by atoms with E-state index in [9.17, 15) is 4.79 Å². The van der Waals surface area contributed by atoms with Crippen LogP contribution in [0.3, 0.4) is 0 Å². The summed E-state index contributed by atoms with van der Waals surface area (Å²) < 4.78 is 2.03. The van der Waals surface area contributed by atoms with Gasteiger partial charge in [-0.05, 0) is 38.2 Å². The average molecular weight is 352 g/mol. The van der Waals surface area contributed by atoms with Crippen molar-refractivity contribution in [1.29, 1.82) is 0 Å². The first kappa shape index (κ1) is 17.3. The molecule has 1 aliphatic heterocycles. The maximum absolute atomic E-state index is 12.2. The molecular weight excluding hydrogens is 324 g/mol. The van der Waals surface area contributed by atoms with Crippen LogP contribution in [0.15, 0.2) is 30.3 Å². The van der Waals surface area contributed by atoms with Gasteiger partial charge in [-0.15, -0.1) is 0 Å². The smallest absolute Gasteiger partial charge is 0.222 e. The molecule has 1 aliphatic carbocycles. The van der Waals surface area contributed by atoms with Crippen LogP contribution in [0.5, 0.6) is 0 Å². The summed E-state index contributed by atoms with van der Waals surface area (Å²) in [7, 11) is 0. The van der Waals surface area contributed by atoms with Gasteiger partial charge in [0.25, 0.3) is 0 Å². The van der Waals surface area contributed by atoms with Gasteiger partial charge in [0.2, 0.25) is 5.91 Å². The summed E-state index contributed by atoms with van der Waals surface area (Å²) in [5.74, 6) is 2.28. The average Bonchev–Trinajstić information content (AvgIpc) is 3.42. The van der Waals surface area contributed by atoms with E-state index in [4.69, 9.17) is 10.1 Å². The lowest BCUT2D eigenvalue weighted by atomic mass is 9.95. The molecule has 1 saturated heterocycles. The monoisotopic (exact) mass is 352 g/mol. The Labute approximate surface area is 155 Å². The van der Waals surface area contributed by atoms with Gasteiger partial charge in [0.05, 0.1) is 5.41 Å². The fourth-order valence-electron chi connectivity index (χ4n) is 4.05. The summed E-state index contributed by atoms with van der Waals surface area (Å²) >= 11 is 0. The van der Waals surface area contributed by atoms with Crippen LogP contribution < -0.4 is 0 Å². The van der Waals surface area contributed by atoms with Crippen molar-refractivity contribution in [2.24, 2.45) is 0 Å². The van der Waals surface area contributed by atoms with Gasteiger partial charge in [-0.2, -0.15) is 5.10 Å². The van der Waals surface area contributed by atoms with E-state index in [1.54, 1.807) is 0 Å². The minimum atomic E-state index is 0.00878. The van der Waals surface area contributed by atoms with Crippen LogP contribution in [0, 0.1) is 0 Å². The number of aromatic nitrogens is 3. The minimum absolute atomic E-state index is 0.00878. The van der Waals surface area contributed by atoms with Crippen LogP contribution in [0.25, 0.3) is 0 Å². The Balaban J connectivity index is 1.52. The maximum Gasteiger partial charge on any atom is 0.222 e. The number of carbonyl (C=O) groups excluding carboxylic acids is 1. The largest absolute Gasteiger partial charge is 0.342 e. The molecule has 2 aromatic rings. The van der Waals surface area contributed by atoms with E-state index in [2.05, 4.69) is 37.3 Å². The van der Waals surface area contributed by atoms with E-state index in [1.165, 1.54) is 5.56 Å². The summed E-state index contributed by atoms with van der Waals surface area (Å²) in [6.45, 7) is 4.58. The second kappa shape index (κ2) is 7.22. The zero-order chi connectivity index (χ0) is 18.0. The molecule has 1 amide bonds. The normalized spacial score (nSPS) is 19.4. The molecule has 5 heteroatoms. The standard InChI is InChI=1S/C21H28N4O/c1-2-25-18(12-16-24-15-8-4-7-11-19(24)26)22-20(23-25)21(13-14-21)17-9-5-3-6-10-17/h3,5-6,9-10H,2,4,7-8,11-16H2,1H3. The van der Waals surface area contributed by atoms with Gasteiger partial charge in [-0.25, -0.2) is 9.67 Å². The van der Waals surface area contributed by atoms with Gasteiger partial charge in [0.1, 0.15) is 5.82 Å². The molecule has 0 radical (unpaired) electrons. The number of aryl methyl sites for hydroxylation is 1. The molecule has 4 rings (SSSR count). The Hall–Kier alpha value is -2.17. The predicted molar refractivity (Wildman–Crippen MR) is 101 cm³/mol. The van der Waals surface area contributed by atoms with E-state index in [-0.39, 0.29) is 5.41 Å². The third-order valence-corrected chi connectivity index (χ3v) is 5.83. The van der Waals surface area contributed by atoms with Crippen molar-refractivity contribution in [2.75, 3.05) is 13.1 Å². The highest BCUT2D eigenvalue weighted by molar-refractivity contribution is 5.76. The topological polar surface area (TPSA) is 51.0 Å². The molecule has 1 aromatic heterocycles. The lowest BCUT2D eigenvalue weighted by molar-refractivity contribution is -0.130. The van der Waals surface area contributed by atoms with E-state index in [1.807, 2.05) is 9.58 Å². The first-order valence-electron chi connectivity index (χ1n) is 10.0. The zero-order valence-electron chi connectivity index (χ0n) is 15.7. The molecule has 1 aromatic carbocycles. The SMILES string of the molecule is CCn1nc(C2(c3ccccc3)CC2)nc1CCN1CCCCCC1=O. The number of nitrogens with zero attached hydrogens (tertiary/aromatic N) is 4. The van der Waals surface area contributed by atoms with Gasteiger partial charge < -0.3 is 4.90 Å². The van der Waals surface area contributed by atoms with E-state index in [0.717, 1.165) is 69.8 Å². The van der Waals surface area contributed by atoms with Crippen molar-refractivity contribution in [1.82, 2.24) is 19.7 Å². The Bertz CT molecular complexity index is 764. The van der Waals surface area contributed by atoms with Crippen LogP contribution in [0.1, 0.15) is 62.7 Å². The number of amides is 1. The fourth-order valence-corrected chi connectivity index (χ4v) is 4.05. The second-order valence-electron chi connectivity index (χ2n) is 7.56. The summed E-state index contributed by atoms with van der Waals surface area (Å²) in [6, 6.07) is 10.6. The summed E-state index contributed by atoms with van der Waals surface area (Å²) in [5, 5.41) is 4.84. The lowest BCUT2D eigenvalue weighted by Gasteiger charge is -2.20.